The van der Waals surface area contributed by atoms with Gasteiger partial charge in [0.1, 0.15) is 0 Å². The van der Waals surface area contributed by atoms with Gasteiger partial charge in [-0.05, 0) is 6.42 Å². The second kappa shape index (κ2) is 28.5. The van der Waals surface area contributed by atoms with Crippen LogP contribution in [0.3, 0.4) is 0 Å². The molecule has 0 fully saturated rings. The van der Waals surface area contributed by atoms with Crippen molar-refractivity contribution in [2.45, 2.75) is 66.7 Å². The van der Waals surface area contributed by atoms with Crippen LogP contribution in [0.1, 0.15) is 66.7 Å². The highest BCUT2D eigenvalue weighted by Crippen LogP contribution is 2.01. The third-order valence-electron chi connectivity index (χ3n) is 2.90. The molecule has 0 aromatic heterocycles. The van der Waals surface area contributed by atoms with E-state index in [2.05, 4.69) is 22.3 Å². The summed E-state index contributed by atoms with van der Waals surface area (Å²) >= 11 is 0. The smallest absolute Gasteiger partial charge is 0.406 e. The fourth-order valence-corrected chi connectivity index (χ4v) is 1.68. The summed E-state index contributed by atoms with van der Waals surface area (Å²) in [5.41, 5.74) is 0. The molecule has 0 heterocycles. The lowest BCUT2D eigenvalue weighted by Gasteiger charge is -2.07. The molecule has 0 spiro atoms. The van der Waals surface area contributed by atoms with Crippen molar-refractivity contribution < 1.29 is 23.8 Å². The van der Waals surface area contributed by atoms with E-state index in [9.17, 15) is 9.59 Å². The Labute approximate surface area is 160 Å². The van der Waals surface area contributed by atoms with Crippen LogP contribution >= 0.6 is 0 Å². The number of hydrogen-bond donors (Lipinski definition) is 2. The standard InChI is InChI=1S/C15H30N2O5.2C2H6/c1-3-4-5-6-7-14(18)16-8-10-21-12-13-22-11-9-17-15(19)20-2;2*1-2/h3-13H2,1-2H3,(H,16,18)(H,17,19);2*1-2H3. The van der Waals surface area contributed by atoms with E-state index in [1.165, 1.54) is 20.0 Å². The van der Waals surface area contributed by atoms with E-state index in [4.69, 9.17) is 9.47 Å². The number of carbonyl (C=O) groups excluding carboxylic acids is 2. The van der Waals surface area contributed by atoms with Crippen LogP contribution in [0.4, 0.5) is 4.79 Å². The average molecular weight is 379 g/mol. The first-order valence-corrected chi connectivity index (χ1v) is 9.94. The lowest BCUT2D eigenvalue weighted by molar-refractivity contribution is -0.121. The van der Waals surface area contributed by atoms with Gasteiger partial charge < -0.3 is 24.8 Å². The number of amides is 2. The second-order valence-electron chi connectivity index (χ2n) is 4.80. The number of alkyl carbamates (subject to hydrolysis) is 1. The Hall–Kier alpha value is -1.34. The summed E-state index contributed by atoms with van der Waals surface area (Å²) in [5, 5.41) is 5.33. The molecule has 0 saturated heterocycles. The molecule has 2 amide bonds. The Morgan fingerprint density at radius 2 is 1.31 bits per heavy atom. The van der Waals surface area contributed by atoms with Crippen LogP contribution in [0.5, 0.6) is 0 Å². The SMILES string of the molecule is CC.CC.CCCCCCC(=O)NCCOCCOCCNC(=O)OC. The summed E-state index contributed by atoms with van der Waals surface area (Å²) in [6, 6.07) is 0. The number of carbonyl (C=O) groups is 2. The van der Waals surface area contributed by atoms with Crippen LogP contribution in [0.25, 0.3) is 0 Å². The van der Waals surface area contributed by atoms with Gasteiger partial charge in [0, 0.05) is 19.5 Å². The average Bonchev–Trinajstić information content (AvgIpc) is 2.69. The van der Waals surface area contributed by atoms with Crippen molar-refractivity contribution in [2.75, 3.05) is 46.6 Å². The van der Waals surface area contributed by atoms with Gasteiger partial charge in [-0.15, -0.1) is 0 Å². The highest BCUT2D eigenvalue weighted by Gasteiger charge is 2.00. The Morgan fingerprint density at radius 3 is 1.81 bits per heavy atom. The minimum absolute atomic E-state index is 0.0878. The van der Waals surface area contributed by atoms with Crippen LogP contribution < -0.4 is 10.6 Å². The maximum Gasteiger partial charge on any atom is 0.406 e. The van der Waals surface area contributed by atoms with E-state index in [0.717, 1.165) is 12.8 Å². The summed E-state index contributed by atoms with van der Waals surface area (Å²) < 4.78 is 15.0. The Bertz CT molecular complexity index is 289. The van der Waals surface area contributed by atoms with Gasteiger partial charge in [0.15, 0.2) is 0 Å². The zero-order valence-corrected chi connectivity index (χ0v) is 17.8. The molecule has 0 aromatic carbocycles. The summed E-state index contributed by atoms with van der Waals surface area (Å²) in [6.07, 6.45) is 4.56. The maximum atomic E-state index is 11.5. The predicted octanol–water partition coefficient (Wildman–Crippen LogP) is 3.51. The summed E-state index contributed by atoms with van der Waals surface area (Å²) in [5.74, 6) is 0.0878. The van der Waals surface area contributed by atoms with Crippen molar-refractivity contribution in [3.8, 4) is 0 Å². The van der Waals surface area contributed by atoms with Crippen LogP contribution in [0, 0.1) is 0 Å². The van der Waals surface area contributed by atoms with E-state index >= 15 is 0 Å². The predicted molar refractivity (Wildman–Crippen MR) is 107 cm³/mol. The van der Waals surface area contributed by atoms with Gasteiger partial charge >= 0.3 is 6.09 Å². The molecule has 0 radical (unpaired) electrons. The van der Waals surface area contributed by atoms with Crippen LogP contribution in [0.2, 0.25) is 0 Å². The van der Waals surface area contributed by atoms with Crippen LogP contribution in [0.15, 0.2) is 0 Å². The molecule has 7 nitrogen and oxygen atoms in total. The molecular formula is C19H42N2O5. The first-order chi connectivity index (χ1) is 12.7. The Balaban J connectivity index is -0.00000123. The second-order valence-corrected chi connectivity index (χ2v) is 4.80. The van der Waals surface area contributed by atoms with E-state index in [-0.39, 0.29) is 5.91 Å². The Morgan fingerprint density at radius 1 is 0.769 bits per heavy atom. The number of methoxy groups -OCH3 is 1. The molecule has 0 aliphatic heterocycles. The van der Waals surface area contributed by atoms with Gasteiger partial charge in [-0.2, -0.15) is 0 Å². The molecule has 0 aliphatic carbocycles. The molecule has 0 aliphatic rings. The zero-order chi connectivity index (χ0) is 20.5. The molecule has 7 heteroatoms. The van der Waals surface area contributed by atoms with E-state index in [0.29, 0.717) is 45.9 Å². The van der Waals surface area contributed by atoms with Crippen molar-refractivity contribution in [1.29, 1.82) is 0 Å². The molecular weight excluding hydrogens is 336 g/mol. The summed E-state index contributed by atoms with van der Waals surface area (Å²) in [7, 11) is 1.31. The van der Waals surface area contributed by atoms with Crippen molar-refractivity contribution >= 4 is 12.0 Å². The van der Waals surface area contributed by atoms with Gasteiger partial charge in [0.05, 0.1) is 33.5 Å². The van der Waals surface area contributed by atoms with Crippen LogP contribution in [-0.2, 0) is 19.0 Å². The number of nitrogens with one attached hydrogen (secondary N) is 2. The van der Waals surface area contributed by atoms with Crippen molar-refractivity contribution in [2.24, 2.45) is 0 Å². The molecule has 158 valence electrons. The van der Waals surface area contributed by atoms with Gasteiger partial charge in [-0.1, -0.05) is 53.9 Å². The monoisotopic (exact) mass is 378 g/mol. The van der Waals surface area contributed by atoms with Gasteiger partial charge in [-0.25, -0.2) is 4.79 Å². The molecule has 0 bridgehead atoms. The largest absolute Gasteiger partial charge is 0.453 e. The minimum atomic E-state index is -0.467. The molecule has 0 rings (SSSR count). The first kappa shape index (κ1) is 29.4. The quantitative estimate of drug-likeness (QED) is 0.452. The van der Waals surface area contributed by atoms with Crippen molar-refractivity contribution in [3.63, 3.8) is 0 Å². The first-order valence-electron chi connectivity index (χ1n) is 9.94. The zero-order valence-electron chi connectivity index (χ0n) is 17.8. The summed E-state index contributed by atoms with van der Waals surface area (Å²) in [6.45, 7) is 12.9. The third-order valence-corrected chi connectivity index (χ3v) is 2.90. The van der Waals surface area contributed by atoms with Crippen molar-refractivity contribution in [3.05, 3.63) is 0 Å². The lowest BCUT2D eigenvalue weighted by Crippen LogP contribution is -2.28. The summed E-state index contributed by atoms with van der Waals surface area (Å²) in [4.78, 5) is 22.2. The topological polar surface area (TPSA) is 85.9 Å². The molecule has 0 aromatic rings. The molecule has 2 N–H and O–H groups in total. The minimum Gasteiger partial charge on any atom is -0.453 e. The van der Waals surface area contributed by atoms with E-state index < -0.39 is 6.09 Å². The molecule has 26 heavy (non-hydrogen) atoms. The molecule has 0 saturated carbocycles. The number of hydrogen-bond acceptors (Lipinski definition) is 5. The van der Waals surface area contributed by atoms with Crippen LogP contribution in [-0.4, -0.2) is 58.6 Å². The lowest BCUT2D eigenvalue weighted by atomic mass is 10.1. The van der Waals surface area contributed by atoms with E-state index in [1.807, 2.05) is 27.7 Å². The highest BCUT2D eigenvalue weighted by molar-refractivity contribution is 5.75. The van der Waals surface area contributed by atoms with Crippen molar-refractivity contribution in [1.82, 2.24) is 10.6 Å². The van der Waals surface area contributed by atoms with Gasteiger partial charge in [0.25, 0.3) is 0 Å². The number of ether oxygens (including phenoxy) is 3. The molecule has 0 unspecified atom stereocenters. The Kier molecular flexibility index (Phi) is 32.2. The van der Waals surface area contributed by atoms with E-state index in [1.54, 1.807) is 0 Å². The fourth-order valence-electron chi connectivity index (χ4n) is 1.68. The third kappa shape index (κ3) is 27.5. The normalized spacial score (nSPS) is 9.15. The molecule has 0 atom stereocenters. The fraction of sp³-hybridized carbons (Fsp3) is 0.895. The van der Waals surface area contributed by atoms with Gasteiger partial charge in [-0.3, -0.25) is 4.79 Å². The number of rotatable bonds is 14. The maximum absolute atomic E-state index is 11.5. The number of unbranched alkanes of at least 4 members (excludes halogenated alkanes) is 3. The van der Waals surface area contributed by atoms with Gasteiger partial charge in [0.2, 0.25) is 5.91 Å². The highest BCUT2D eigenvalue weighted by atomic mass is 16.5.